The molecule has 0 aliphatic heterocycles. The molecule has 2 unspecified atom stereocenters. The van der Waals surface area contributed by atoms with Crippen molar-refractivity contribution < 1.29 is 18.3 Å². The fraction of sp³-hybridized carbons (Fsp3) is 0.517. The Balaban J connectivity index is 1.58. The Hall–Kier alpha value is -2.50. The average molecular weight is 464 g/mol. The van der Waals surface area contributed by atoms with Gasteiger partial charge in [0.15, 0.2) is 0 Å². The highest BCUT2D eigenvalue weighted by Gasteiger charge is 2.33. The van der Waals surface area contributed by atoms with Crippen molar-refractivity contribution in [3.8, 4) is 0 Å². The van der Waals surface area contributed by atoms with Gasteiger partial charge >= 0.3 is 0 Å². The lowest BCUT2D eigenvalue weighted by molar-refractivity contribution is 0.0481. The third-order valence-electron chi connectivity index (χ3n) is 7.20. The zero-order valence-electron chi connectivity index (χ0n) is 20.9. The van der Waals surface area contributed by atoms with Gasteiger partial charge in [-0.25, -0.2) is 0 Å². The van der Waals surface area contributed by atoms with E-state index in [1.165, 1.54) is 22.4 Å². The van der Waals surface area contributed by atoms with E-state index in [4.69, 9.17) is 18.3 Å². The molecule has 182 valence electrons. The molecule has 0 radical (unpaired) electrons. The van der Waals surface area contributed by atoms with Gasteiger partial charge in [-0.2, -0.15) is 0 Å². The summed E-state index contributed by atoms with van der Waals surface area (Å²) in [7, 11) is 4.13. The van der Waals surface area contributed by atoms with Gasteiger partial charge in [-0.3, -0.25) is 0 Å². The molecule has 34 heavy (non-hydrogen) atoms. The molecule has 2 aromatic heterocycles. The molecule has 0 N–H and O–H groups in total. The molecule has 5 rings (SSSR count). The lowest BCUT2D eigenvalue weighted by Crippen LogP contribution is -2.10. The molecule has 0 saturated carbocycles. The van der Waals surface area contributed by atoms with Crippen LogP contribution in [-0.4, -0.2) is 27.3 Å². The Morgan fingerprint density at radius 2 is 1.32 bits per heavy atom. The van der Waals surface area contributed by atoms with Crippen LogP contribution in [0, 0.1) is 0 Å². The maximum atomic E-state index is 6.56. The van der Waals surface area contributed by atoms with Gasteiger partial charge in [0.1, 0.15) is 29.0 Å². The van der Waals surface area contributed by atoms with Gasteiger partial charge in [0.2, 0.25) is 0 Å². The Morgan fingerprint density at radius 3 is 1.76 bits per heavy atom. The molecule has 0 fully saturated rings. The summed E-state index contributed by atoms with van der Waals surface area (Å²) in [5, 5.41) is 0. The van der Waals surface area contributed by atoms with Gasteiger partial charge in [0, 0.05) is 57.0 Å². The van der Waals surface area contributed by atoms with Gasteiger partial charge in [-0.05, 0) is 69.4 Å². The van der Waals surface area contributed by atoms with Crippen LogP contribution in [0.1, 0.15) is 97.4 Å². The van der Waals surface area contributed by atoms with Crippen LogP contribution in [0.25, 0.3) is 0 Å². The van der Waals surface area contributed by atoms with Gasteiger partial charge in [0.25, 0.3) is 0 Å². The van der Waals surface area contributed by atoms with Crippen LogP contribution < -0.4 is 4.90 Å². The van der Waals surface area contributed by atoms with Gasteiger partial charge < -0.3 is 23.2 Å². The monoisotopic (exact) mass is 463 g/mol. The normalized spacial score (nSPS) is 20.6. The maximum absolute atomic E-state index is 6.56. The number of furan rings is 2. The number of anilines is 1. The largest absolute Gasteiger partial charge is 0.465 e. The Labute approximate surface area is 203 Å². The van der Waals surface area contributed by atoms with Crippen molar-refractivity contribution in [2.45, 2.75) is 70.5 Å². The van der Waals surface area contributed by atoms with Crippen LogP contribution in [0.4, 0.5) is 5.69 Å². The Kier molecular flexibility index (Phi) is 6.84. The van der Waals surface area contributed by atoms with Crippen LogP contribution in [0.2, 0.25) is 0 Å². The number of ether oxygens (including phenoxy) is 2. The zero-order chi connectivity index (χ0) is 23.7. The number of rotatable bonds is 8. The fourth-order valence-electron chi connectivity index (χ4n) is 5.54. The molecule has 2 aliphatic rings. The smallest absolute Gasteiger partial charge is 0.119 e. The second kappa shape index (κ2) is 10.0. The molecular formula is C29H37NO4. The van der Waals surface area contributed by atoms with E-state index >= 15 is 0 Å². The van der Waals surface area contributed by atoms with Crippen molar-refractivity contribution in [3.63, 3.8) is 0 Å². The molecule has 0 bridgehead atoms. The van der Waals surface area contributed by atoms with Crippen LogP contribution in [0.15, 0.2) is 45.2 Å². The van der Waals surface area contributed by atoms with Crippen molar-refractivity contribution >= 4 is 5.69 Å². The number of aryl methyl sites for hydroxylation is 2. The molecule has 5 nitrogen and oxygen atoms in total. The summed E-state index contributed by atoms with van der Waals surface area (Å²) in [6.07, 6.45) is 6.46. The lowest BCUT2D eigenvalue weighted by Gasteiger charge is -2.20. The molecule has 1 aromatic carbocycles. The summed E-state index contributed by atoms with van der Waals surface area (Å²) < 4.78 is 25.2. The highest BCUT2D eigenvalue weighted by atomic mass is 16.5. The summed E-state index contributed by atoms with van der Waals surface area (Å²) in [6, 6.07) is 13.2. The van der Waals surface area contributed by atoms with Crippen molar-refractivity contribution in [1.29, 1.82) is 0 Å². The first-order chi connectivity index (χ1) is 16.6. The van der Waals surface area contributed by atoms with Crippen LogP contribution in [0.3, 0.4) is 0 Å². The quantitative estimate of drug-likeness (QED) is 0.362. The topological polar surface area (TPSA) is 48.0 Å². The first-order valence-electron chi connectivity index (χ1n) is 12.8. The molecule has 0 saturated heterocycles. The summed E-state index contributed by atoms with van der Waals surface area (Å²) >= 11 is 0. The third kappa shape index (κ3) is 4.44. The van der Waals surface area contributed by atoms with E-state index in [0.29, 0.717) is 13.2 Å². The van der Waals surface area contributed by atoms with Crippen molar-refractivity contribution in [2.24, 2.45) is 0 Å². The van der Waals surface area contributed by atoms with Gasteiger partial charge in [-0.15, -0.1) is 0 Å². The van der Waals surface area contributed by atoms with E-state index in [-0.39, 0.29) is 18.1 Å². The van der Waals surface area contributed by atoms with E-state index in [9.17, 15) is 0 Å². The molecule has 3 aromatic rings. The molecule has 0 spiro atoms. The Morgan fingerprint density at radius 1 is 0.824 bits per heavy atom. The average Bonchev–Trinajstić information content (AvgIpc) is 3.46. The van der Waals surface area contributed by atoms with Crippen molar-refractivity contribution in [1.82, 2.24) is 0 Å². The first kappa shape index (κ1) is 23.3. The van der Waals surface area contributed by atoms with E-state index in [2.05, 4.69) is 69.2 Å². The standard InChI is InChI=1S/C29H37NO4/c1-5-31-23-9-7-11-25-21(23)17-27(33-25)29(19-13-15-20(16-14-19)30(3)4)28-18-22-24(32-6-2)10-8-12-26(22)34-28/h13-18,23-24,29H,5-12H2,1-4H3. The predicted molar refractivity (Wildman–Crippen MR) is 134 cm³/mol. The third-order valence-corrected chi connectivity index (χ3v) is 7.20. The van der Waals surface area contributed by atoms with Crippen molar-refractivity contribution in [3.05, 3.63) is 76.1 Å². The Bertz CT molecular complexity index is 1030. The minimum atomic E-state index is -0.100. The van der Waals surface area contributed by atoms with Crippen LogP contribution in [-0.2, 0) is 22.3 Å². The van der Waals surface area contributed by atoms with E-state index < -0.39 is 0 Å². The highest BCUT2D eigenvalue weighted by molar-refractivity contribution is 5.49. The second-order valence-corrected chi connectivity index (χ2v) is 9.65. The lowest BCUT2D eigenvalue weighted by atomic mass is 9.90. The number of hydrogen-bond acceptors (Lipinski definition) is 5. The van der Waals surface area contributed by atoms with Gasteiger partial charge in [-0.1, -0.05) is 12.1 Å². The summed E-state index contributed by atoms with van der Waals surface area (Å²) in [6.45, 7) is 5.55. The van der Waals surface area contributed by atoms with Crippen molar-refractivity contribution in [2.75, 3.05) is 32.2 Å². The summed E-state index contributed by atoms with van der Waals surface area (Å²) in [5.41, 5.74) is 4.76. The number of benzene rings is 1. The van der Waals surface area contributed by atoms with E-state index in [0.717, 1.165) is 61.6 Å². The molecule has 0 amide bonds. The minimum absolute atomic E-state index is 0.100. The fourth-order valence-corrected chi connectivity index (χ4v) is 5.54. The van der Waals surface area contributed by atoms with Crippen LogP contribution in [0.5, 0.6) is 0 Å². The van der Waals surface area contributed by atoms with Gasteiger partial charge in [0.05, 0.1) is 12.2 Å². The summed E-state index contributed by atoms with van der Waals surface area (Å²) in [4.78, 5) is 2.12. The second-order valence-electron chi connectivity index (χ2n) is 9.65. The SMILES string of the molecule is CCOC1CCCc2oc(C(c3ccc(N(C)C)cc3)c3cc4c(o3)CCCC4OCC)cc21. The highest BCUT2D eigenvalue weighted by Crippen LogP contribution is 2.43. The molecule has 2 heterocycles. The minimum Gasteiger partial charge on any atom is -0.465 e. The number of fused-ring (bicyclic) bond motifs is 2. The molecule has 5 heteroatoms. The molecular weight excluding hydrogens is 426 g/mol. The van der Waals surface area contributed by atoms with Crippen LogP contribution >= 0.6 is 0 Å². The predicted octanol–water partition coefficient (Wildman–Crippen LogP) is 6.95. The van der Waals surface area contributed by atoms with E-state index in [1.807, 2.05) is 0 Å². The molecule has 2 aliphatic carbocycles. The maximum Gasteiger partial charge on any atom is 0.119 e. The first-order valence-corrected chi connectivity index (χ1v) is 12.8. The molecule has 2 atom stereocenters. The summed E-state index contributed by atoms with van der Waals surface area (Å²) in [5.74, 6) is 3.91. The number of hydrogen-bond donors (Lipinski definition) is 0. The van der Waals surface area contributed by atoms with E-state index in [1.54, 1.807) is 0 Å². The number of nitrogens with zero attached hydrogens (tertiary/aromatic N) is 1. The zero-order valence-corrected chi connectivity index (χ0v) is 20.9.